The Bertz CT molecular complexity index is 1220. The molecule has 2 unspecified atom stereocenters. The molecule has 0 saturated carbocycles. The van der Waals surface area contributed by atoms with Crippen LogP contribution in [0.5, 0.6) is 5.75 Å². The molecule has 3 aromatic rings. The Morgan fingerprint density at radius 2 is 1.94 bits per heavy atom. The molecule has 8 nitrogen and oxygen atoms in total. The van der Waals surface area contributed by atoms with E-state index in [4.69, 9.17) is 27.9 Å². The van der Waals surface area contributed by atoms with Crippen molar-refractivity contribution in [1.82, 2.24) is 19.2 Å². The average Bonchev–Trinajstić information content (AvgIpc) is 3.19. The van der Waals surface area contributed by atoms with Crippen LogP contribution in [0.15, 0.2) is 36.7 Å². The zero-order valence-electron chi connectivity index (χ0n) is 16.5. The molecule has 0 spiro atoms. The predicted octanol–water partition coefficient (Wildman–Crippen LogP) is 3.89. The molecule has 2 saturated heterocycles. The van der Waals surface area contributed by atoms with E-state index < -0.39 is 6.09 Å². The summed E-state index contributed by atoms with van der Waals surface area (Å²) in [5.41, 5.74) is 2.32. The van der Waals surface area contributed by atoms with E-state index in [9.17, 15) is 14.7 Å². The lowest BCUT2D eigenvalue weighted by atomic mass is 9.87. The molecule has 1 N–H and O–H groups in total. The molecule has 4 heterocycles. The summed E-state index contributed by atoms with van der Waals surface area (Å²) in [7, 11) is 1.56. The summed E-state index contributed by atoms with van der Waals surface area (Å²) in [6, 6.07) is 6.89. The van der Waals surface area contributed by atoms with Crippen molar-refractivity contribution in [3.8, 4) is 16.9 Å². The normalized spacial score (nSPS) is 20.0. The maximum atomic E-state index is 13.1. The standard InChI is InChI=1S/C21H18Cl2N4O4/c1-31-16-3-2-14(22)19(23)18(16)11-4-5-25-10-15(24-17(25)6-11)20(28)27-12-7-13(27)9-26(8-12)21(29)30/h2-6,10,12-13H,7-9H2,1H3,(H,29,30). The van der Waals surface area contributed by atoms with Gasteiger partial charge in [-0.05, 0) is 36.2 Å². The van der Waals surface area contributed by atoms with Gasteiger partial charge in [0, 0.05) is 31.0 Å². The number of carbonyl (C=O) groups is 2. The molecule has 2 fully saturated rings. The fraction of sp³-hybridized carbons (Fsp3) is 0.286. The Balaban J connectivity index is 1.46. The molecule has 1 aromatic carbocycles. The molecule has 0 radical (unpaired) electrons. The van der Waals surface area contributed by atoms with Gasteiger partial charge in [0.05, 0.1) is 29.2 Å². The Morgan fingerprint density at radius 1 is 1.19 bits per heavy atom. The number of rotatable bonds is 3. The van der Waals surface area contributed by atoms with Gasteiger partial charge in [0.2, 0.25) is 0 Å². The van der Waals surface area contributed by atoms with Gasteiger partial charge < -0.3 is 24.0 Å². The van der Waals surface area contributed by atoms with Crippen LogP contribution in [0.4, 0.5) is 4.79 Å². The number of nitrogens with zero attached hydrogens (tertiary/aromatic N) is 4. The van der Waals surface area contributed by atoms with E-state index in [1.807, 2.05) is 12.1 Å². The number of amides is 2. The zero-order chi connectivity index (χ0) is 21.9. The summed E-state index contributed by atoms with van der Waals surface area (Å²) in [5, 5.41) is 9.98. The quantitative estimate of drug-likeness (QED) is 0.640. The molecule has 31 heavy (non-hydrogen) atoms. The van der Waals surface area contributed by atoms with Crippen molar-refractivity contribution in [2.75, 3.05) is 20.2 Å². The minimum atomic E-state index is -0.947. The summed E-state index contributed by atoms with van der Waals surface area (Å²) >= 11 is 12.6. The summed E-state index contributed by atoms with van der Waals surface area (Å²) in [6.07, 6.45) is 3.35. The first-order valence-corrected chi connectivity index (χ1v) is 10.4. The largest absolute Gasteiger partial charge is 0.496 e. The molecular formula is C21H18Cl2N4O4. The van der Waals surface area contributed by atoms with Gasteiger partial charge in [0.25, 0.3) is 5.91 Å². The van der Waals surface area contributed by atoms with Crippen LogP contribution in [0.25, 0.3) is 16.8 Å². The number of hydrogen-bond donors (Lipinski definition) is 1. The number of piperazine rings is 1. The Labute approximate surface area is 187 Å². The van der Waals surface area contributed by atoms with Crippen molar-refractivity contribution in [2.24, 2.45) is 0 Å². The second-order valence-corrected chi connectivity index (χ2v) is 8.47. The highest BCUT2D eigenvalue weighted by Crippen LogP contribution is 2.41. The SMILES string of the molecule is COc1ccc(Cl)c(Cl)c1-c1ccn2cc(C(=O)N3C4CC3CN(C(=O)O)C4)nc2c1. The smallest absolute Gasteiger partial charge is 0.407 e. The number of halogens is 2. The lowest BCUT2D eigenvalue weighted by Gasteiger charge is -2.55. The number of benzene rings is 1. The number of pyridine rings is 1. The first-order chi connectivity index (χ1) is 14.9. The van der Waals surface area contributed by atoms with Crippen molar-refractivity contribution < 1.29 is 19.4 Å². The van der Waals surface area contributed by atoms with Crippen molar-refractivity contribution >= 4 is 40.8 Å². The lowest BCUT2D eigenvalue weighted by molar-refractivity contribution is -0.0411. The minimum Gasteiger partial charge on any atom is -0.496 e. The number of carboxylic acid groups (broad SMARTS) is 1. The number of aromatic nitrogens is 2. The van der Waals surface area contributed by atoms with Crippen LogP contribution in [-0.4, -0.2) is 68.6 Å². The highest BCUT2D eigenvalue weighted by Gasteiger charge is 2.49. The molecule has 5 rings (SSSR count). The number of likely N-dealkylation sites (tertiary alicyclic amines) is 2. The Morgan fingerprint density at radius 3 is 2.61 bits per heavy atom. The fourth-order valence-electron chi connectivity index (χ4n) is 4.44. The van der Waals surface area contributed by atoms with Gasteiger partial charge in [-0.1, -0.05) is 23.2 Å². The zero-order valence-corrected chi connectivity index (χ0v) is 18.0. The van der Waals surface area contributed by atoms with Gasteiger partial charge >= 0.3 is 6.09 Å². The highest BCUT2D eigenvalue weighted by molar-refractivity contribution is 6.44. The molecule has 2 bridgehead atoms. The van der Waals surface area contributed by atoms with Crippen LogP contribution in [0.2, 0.25) is 10.0 Å². The second-order valence-electron chi connectivity index (χ2n) is 7.69. The van der Waals surface area contributed by atoms with E-state index in [2.05, 4.69) is 4.98 Å². The third kappa shape index (κ3) is 3.18. The van der Waals surface area contributed by atoms with E-state index >= 15 is 0 Å². The van der Waals surface area contributed by atoms with Crippen LogP contribution < -0.4 is 4.74 Å². The summed E-state index contributed by atoms with van der Waals surface area (Å²) in [4.78, 5) is 31.9. The maximum Gasteiger partial charge on any atom is 0.407 e. The molecule has 160 valence electrons. The summed E-state index contributed by atoms with van der Waals surface area (Å²) < 4.78 is 7.20. The summed E-state index contributed by atoms with van der Waals surface area (Å²) in [5.74, 6) is 0.396. The highest BCUT2D eigenvalue weighted by atomic mass is 35.5. The number of hydrogen-bond acceptors (Lipinski definition) is 4. The third-order valence-corrected chi connectivity index (χ3v) is 6.75. The van der Waals surface area contributed by atoms with Crippen molar-refractivity contribution in [3.63, 3.8) is 0 Å². The third-order valence-electron chi connectivity index (χ3n) is 5.94. The Hall–Kier alpha value is -2.97. The fourth-order valence-corrected chi connectivity index (χ4v) is 4.86. The molecule has 2 aromatic heterocycles. The topological polar surface area (TPSA) is 87.4 Å². The van der Waals surface area contributed by atoms with Gasteiger partial charge in [-0.2, -0.15) is 0 Å². The number of imidazole rings is 1. The molecule has 2 atom stereocenters. The molecule has 0 aliphatic carbocycles. The van der Waals surface area contributed by atoms with Crippen molar-refractivity contribution in [3.05, 3.63) is 52.4 Å². The van der Waals surface area contributed by atoms with Crippen LogP contribution in [0.1, 0.15) is 16.9 Å². The molecule has 2 aliphatic rings. The number of piperidine rings is 1. The van der Waals surface area contributed by atoms with Gasteiger partial charge in [-0.25, -0.2) is 9.78 Å². The van der Waals surface area contributed by atoms with E-state index in [0.717, 1.165) is 12.0 Å². The number of carbonyl (C=O) groups excluding carboxylic acids is 1. The lowest BCUT2D eigenvalue weighted by Crippen LogP contribution is -2.70. The van der Waals surface area contributed by atoms with E-state index in [1.165, 1.54) is 4.90 Å². The van der Waals surface area contributed by atoms with Crippen LogP contribution >= 0.6 is 23.2 Å². The molecule has 10 heteroatoms. The van der Waals surface area contributed by atoms with E-state index in [1.54, 1.807) is 40.9 Å². The van der Waals surface area contributed by atoms with Crippen molar-refractivity contribution in [1.29, 1.82) is 0 Å². The van der Waals surface area contributed by atoms with Gasteiger partial charge in [-0.3, -0.25) is 4.79 Å². The predicted molar refractivity (Wildman–Crippen MR) is 115 cm³/mol. The second kappa shape index (κ2) is 7.32. The van der Waals surface area contributed by atoms with Crippen LogP contribution in [0, 0.1) is 0 Å². The number of ether oxygens (including phenoxy) is 1. The van der Waals surface area contributed by atoms with E-state index in [-0.39, 0.29) is 18.0 Å². The van der Waals surface area contributed by atoms with Gasteiger partial charge in [0.1, 0.15) is 17.1 Å². The molecular weight excluding hydrogens is 443 g/mol. The minimum absolute atomic E-state index is 0.0998. The van der Waals surface area contributed by atoms with Gasteiger partial charge in [0.15, 0.2) is 0 Å². The number of methoxy groups -OCH3 is 1. The van der Waals surface area contributed by atoms with Crippen LogP contribution in [0.3, 0.4) is 0 Å². The number of fused-ring (bicyclic) bond motifs is 3. The first kappa shape index (κ1) is 20.0. The van der Waals surface area contributed by atoms with Crippen molar-refractivity contribution in [2.45, 2.75) is 18.5 Å². The monoisotopic (exact) mass is 460 g/mol. The summed E-state index contributed by atoms with van der Waals surface area (Å²) in [6.45, 7) is 0.671. The molecule has 2 aliphatic heterocycles. The molecule has 2 amide bonds. The first-order valence-electron chi connectivity index (χ1n) is 9.69. The van der Waals surface area contributed by atoms with Crippen LogP contribution in [-0.2, 0) is 0 Å². The van der Waals surface area contributed by atoms with E-state index in [0.29, 0.717) is 45.8 Å². The van der Waals surface area contributed by atoms with Gasteiger partial charge in [-0.15, -0.1) is 0 Å². The maximum absolute atomic E-state index is 13.1. The Kier molecular flexibility index (Phi) is 4.71. The average molecular weight is 461 g/mol.